The summed E-state index contributed by atoms with van der Waals surface area (Å²) in [4.78, 5) is 28.9. The van der Waals surface area contributed by atoms with E-state index in [4.69, 9.17) is 4.98 Å². The van der Waals surface area contributed by atoms with E-state index in [1.807, 2.05) is 6.07 Å². The van der Waals surface area contributed by atoms with Gasteiger partial charge in [0.05, 0.1) is 22.3 Å². The monoisotopic (exact) mass is 385 g/mol. The molecule has 2 aliphatic rings. The van der Waals surface area contributed by atoms with Crippen molar-refractivity contribution >= 4 is 33.7 Å². The number of hydrogen-bond donors (Lipinski definition) is 1. The molecule has 0 spiro atoms. The first kappa shape index (κ1) is 16.5. The van der Waals surface area contributed by atoms with Crippen LogP contribution in [0.25, 0.3) is 33.5 Å². The SMILES string of the molecule is O=C(O)c1cc2c3c(c1)nc(-c1cc4ccccc4n1CC1CC1)n3CCC2=O. The van der Waals surface area contributed by atoms with Crippen LogP contribution in [0.4, 0.5) is 0 Å². The van der Waals surface area contributed by atoms with Crippen LogP contribution in [0.1, 0.15) is 40.0 Å². The molecule has 0 amide bonds. The summed E-state index contributed by atoms with van der Waals surface area (Å²) in [5, 5.41) is 10.6. The number of carboxylic acids is 1. The molecular weight excluding hydrogens is 366 g/mol. The highest BCUT2D eigenvalue weighted by molar-refractivity contribution is 6.10. The predicted octanol–water partition coefficient (Wildman–Crippen LogP) is 4.35. The summed E-state index contributed by atoms with van der Waals surface area (Å²) in [7, 11) is 0. The van der Waals surface area contributed by atoms with Crippen LogP contribution in [0.3, 0.4) is 0 Å². The molecule has 2 aromatic carbocycles. The summed E-state index contributed by atoms with van der Waals surface area (Å²) in [6.07, 6.45) is 2.86. The molecule has 0 atom stereocenters. The number of benzene rings is 2. The topological polar surface area (TPSA) is 77.1 Å². The summed E-state index contributed by atoms with van der Waals surface area (Å²) in [5.41, 5.74) is 4.13. The first-order valence-corrected chi connectivity index (χ1v) is 9.99. The van der Waals surface area contributed by atoms with Gasteiger partial charge in [-0.3, -0.25) is 4.79 Å². The normalized spacial score (nSPS) is 16.1. The molecule has 0 radical (unpaired) electrons. The van der Waals surface area contributed by atoms with Crippen LogP contribution in [-0.4, -0.2) is 31.0 Å². The standard InChI is InChI=1S/C23H19N3O3/c27-20-7-8-25-21-16(20)9-15(23(28)29)10-17(21)24-22(25)19-11-14-3-1-2-4-18(14)26(19)12-13-5-6-13/h1-4,9-11,13H,5-8,12H2,(H,28,29). The Bertz CT molecular complexity index is 1340. The van der Waals surface area contributed by atoms with Crippen molar-refractivity contribution in [1.29, 1.82) is 0 Å². The van der Waals surface area contributed by atoms with Crippen molar-refractivity contribution in [2.24, 2.45) is 5.92 Å². The van der Waals surface area contributed by atoms with Gasteiger partial charge in [-0.2, -0.15) is 0 Å². The van der Waals surface area contributed by atoms with Crippen molar-refractivity contribution in [2.45, 2.75) is 32.4 Å². The number of fused-ring (bicyclic) bond motifs is 1. The van der Waals surface area contributed by atoms with E-state index in [9.17, 15) is 14.7 Å². The fourth-order valence-corrected chi connectivity index (χ4v) is 4.52. The molecule has 1 aliphatic carbocycles. The summed E-state index contributed by atoms with van der Waals surface area (Å²) >= 11 is 0. The van der Waals surface area contributed by atoms with Gasteiger partial charge >= 0.3 is 5.97 Å². The van der Waals surface area contributed by atoms with E-state index in [2.05, 4.69) is 33.4 Å². The largest absolute Gasteiger partial charge is 0.478 e. The highest BCUT2D eigenvalue weighted by atomic mass is 16.4. The maximum atomic E-state index is 12.5. The van der Waals surface area contributed by atoms with Crippen molar-refractivity contribution in [1.82, 2.24) is 14.1 Å². The Hall–Kier alpha value is -3.41. The van der Waals surface area contributed by atoms with Crippen LogP contribution in [0.15, 0.2) is 42.5 Å². The lowest BCUT2D eigenvalue weighted by atomic mass is 10.00. The number of aryl methyl sites for hydroxylation is 1. The van der Waals surface area contributed by atoms with E-state index >= 15 is 0 Å². The van der Waals surface area contributed by atoms with Gasteiger partial charge in [0, 0.05) is 36.0 Å². The lowest BCUT2D eigenvalue weighted by Gasteiger charge is -2.17. The Labute approximate surface area is 166 Å². The fraction of sp³-hybridized carbons (Fsp3) is 0.261. The van der Waals surface area contributed by atoms with E-state index in [1.54, 1.807) is 6.07 Å². The first-order valence-electron chi connectivity index (χ1n) is 9.99. The highest BCUT2D eigenvalue weighted by Gasteiger charge is 2.29. The van der Waals surface area contributed by atoms with Crippen molar-refractivity contribution in [3.8, 4) is 11.5 Å². The van der Waals surface area contributed by atoms with Gasteiger partial charge in [-0.25, -0.2) is 9.78 Å². The quantitative estimate of drug-likeness (QED) is 0.566. The molecule has 2 aromatic heterocycles. The number of rotatable bonds is 4. The third-order valence-electron chi connectivity index (χ3n) is 6.13. The van der Waals surface area contributed by atoms with E-state index in [0.717, 1.165) is 23.6 Å². The van der Waals surface area contributed by atoms with Crippen LogP contribution in [0, 0.1) is 5.92 Å². The molecule has 0 bridgehead atoms. The zero-order chi connectivity index (χ0) is 19.7. The van der Waals surface area contributed by atoms with Gasteiger partial charge in [-0.1, -0.05) is 18.2 Å². The molecule has 4 aromatic rings. The van der Waals surface area contributed by atoms with Gasteiger partial charge in [0.15, 0.2) is 11.6 Å². The molecule has 1 aliphatic heterocycles. The Morgan fingerprint density at radius 3 is 2.79 bits per heavy atom. The predicted molar refractivity (Wildman–Crippen MR) is 109 cm³/mol. The van der Waals surface area contributed by atoms with Gasteiger partial charge in [-0.05, 0) is 43.0 Å². The lowest BCUT2D eigenvalue weighted by molar-refractivity contribution is 0.0697. The number of hydrogen-bond acceptors (Lipinski definition) is 3. The molecule has 144 valence electrons. The molecule has 0 unspecified atom stereocenters. The van der Waals surface area contributed by atoms with E-state index in [-0.39, 0.29) is 11.3 Å². The number of nitrogens with zero attached hydrogens (tertiary/aromatic N) is 3. The number of Topliss-reactive ketones (excluding diaryl/α,β-unsaturated/α-hetero) is 1. The zero-order valence-corrected chi connectivity index (χ0v) is 15.8. The van der Waals surface area contributed by atoms with Crippen molar-refractivity contribution in [3.63, 3.8) is 0 Å². The Kier molecular flexibility index (Phi) is 3.30. The maximum absolute atomic E-state index is 12.5. The minimum absolute atomic E-state index is 0.0180. The first-order chi connectivity index (χ1) is 14.1. The van der Waals surface area contributed by atoms with Gasteiger partial charge < -0.3 is 14.2 Å². The van der Waals surface area contributed by atoms with Crippen LogP contribution >= 0.6 is 0 Å². The number of para-hydroxylation sites is 1. The fourth-order valence-electron chi connectivity index (χ4n) is 4.52. The molecular formula is C23H19N3O3. The zero-order valence-electron chi connectivity index (χ0n) is 15.8. The molecule has 1 saturated carbocycles. The molecule has 3 heterocycles. The molecule has 6 rings (SSSR count). The number of aromatic nitrogens is 3. The second-order valence-corrected chi connectivity index (χ2v) is 8.10. The van der Waals surface area contributed by atoms with Gasteiger partial charge in [0.2, 0.25) is 0 Å². The third-order valence-corrected chi connectivity index (χ3v) is 6.13. The molecule has 6 heteroatoms. The Morgan fingerprint density at radius 1 is 1.17 bits per heavy atom. The van der Waals surface area contributed by atoms with Gasteiger partial charge in [0.25, 0.3) is 0 Å². The Morgan fingerprint density at radius 2 is 2.00 bits per heavy atom. The van der Waals surface area contributed by atoms with E-state index in [0.29, 0.717) is 30.0 Å². The second-order valence-electron chi connectivity index (χ2n) is 8.10. The molecule has 1 fully saturated rings. The van der Waals surface area contributed by atoms with Crippen molar-refractivity contribution in [2.75, 3.05) is 0 Å². The number of ketones is 1. The minimum atomic E-state index is -1.04. The number of carboxylic acid groups (broad SMARTS) is 1. The minimum Gasteiger partial charge on any atom is -0.478 e. The summed E-state index contributed by atoms with van der Waals surface area (Å²) in [5.74, 6) is 0.454. The summed E-state index contributed by atoms with van der Waals surface area (Å²) < 4.78 is 4.43. The lowest BCUT2D eigenvalue weighted by Crippen LogP contribution is -2.16. The van der Waals surface area contributed by atoms with Crippen LogP contribution in [0.5, 0.6) is 0 Å². The van der Waals surface area contributed by atoms with E-state index < -0.39 is 5.97 Å². The highest BCUT2D eigenvalue weighted by Crippen LogP contribution is 2.38. The van der Waals surface area contributed by atoms with Crippen molar-refractivity contribution in [3.05, 3.63) is 53.6 Å². The van der Waals surface area contributed by atoms with Gasteiger partial charge in [0.1, 0.15) is 0 Å². The van der Waals surface area contributed by atoms with Crippen LogP contribution in [0.2, 0.25) is 0 Å². The van der Waals surface area contributed by atoms with E-state index in [1.165, 1.54) is 29.8 Å². The van der Waals surface area contributed by atoms with Crippen molar-refractivity contribution < 1.29 is 14.7 Å². The third kappa shape index (κ3) is 2.45. The average molecular weight is 385 g/mol. The number of aromatic carboxylic acids is 1. The Balaban J connectivity index is 1.65. The smallest absolute Gasteiger partial charge is 0.335 e. The summed E-state index contributed by atoms with van der Waals surface area (Å²) in [6.45, 7) is 1.52. The van der Waals surface area contributed by atoms with Gasteiger partial charge in [-0.15, -0.1) is 0 Å². The number of carbonyl (C=O) groups excluding carboxylic acids is 1. The summed E-state index contributed by atoms with van der Waals surface area (Å²) in [6, 6.07) is 13.6. The molecule has 29 heavy (non-hydrogen) atoms. The molecule has 0 saturated heterocycles. The van der Waals surface area contributed by atoms with Crippen LogP contribution < -0.4 is 0 Å². The van der Waals surface area contributed by atoms with Crippen LogP contribution in [-0.2, 0) is 13.1 Å². The number of imidazole rings is 1. The number of carbonyl (C=O) groups is 2. The molecule has 1 N–H and O–H groups in total. The maximum Gasteiger partial charge on any atom is 0.335 e. The average Bonchev–Trinajstić information content (AvgIpc) is 3.36. The second kappa shape index (κ2) is 5.80. The molecule has 6 nitrogen and oxygen atoms in total.